The van der Waals surface area contributed by atoms with Crippen LogP contribution in [0.2, 0.25) is 0 Å². The molecule has 1 aromatic rings. The van der Waals surface area contributed by atoms with Crippen LogP contribution in [0.5, 0.6) is 0 Å². The van der Waals surface area contributed by atoms with Gasteiger partial charge in [0.1, 0.15) is 12.4 Å². The van der Waals surface area contributed by atoms with Crippen LogP contribution in [0.3, 0.4) is 0 Å². The van der Waals surface area contributed by atoms with Gasteiger partial charge in [-0.2, -0.15) is 5.10 Å². The molecule has 7 nitrogen and oxygen atoms in total. The van der Waals surface area contributed by atoms with E-state index in [1.165, 1.54) is 17.1 Å². The Labute approximate surface area is 112 Å². The number of nitrogens with one attached hydrogen (secondary N) is 1. The fraction of sp³-hybridized carbons (Fsp3) is 0.750. The molecule has 0 saturated carbocycles. The minimum atomic E-state index is -0.619. The molecule has 0 saturated heterocycles. The standard InChI is InChI=1S/C12H22N4O3/c1-4-9(2)10(3)13-6-12(17)8-15-7-11(5-14-15)16(18)19/h5,7,9-10,12-13,17H,4,6,8H2,1-3H3. The molecule has 0 bridgehead atoms. The van der Waals surface area contributed by atoms with Gasteiger partial charge in [-0.3, -0.25) is 14.8 Å². The Morgan fingerprint density at radius 1 is 1.58 bits per heavy atom. The Kier molecular flexibility index (Phi) is 5.91. The van der Waals surface area contributed by atoms with E-state index in [0.717, 1.165) is 6.42 Å². The highest BCUT2D eigenvalue weighted by molar-refractivity contribution is 5.20. The van der Waals surface area contributed by atoms with Crippen LogP contribution < -0.4 is 5.32 Å². The van der Waals surface area contributed by atoms with Crippen LogP contribution in [0.15, 0.2) is 12.4 Å². The lowest BCUT2D eigenvalue weighted by molar-refractivity contribution is -0.385. The maximum absolute atomic E-state index is 10.5. The molecule has 108 valence electrons. The van der Waals surface area contributed by atoms with Gasteiger partial charge >= 0.3 is 5.69 Å². The van der Waals surface area contributed by atoms with E-state index in [4.69, 9.17) is 0 Å². The fourth-order valence-corrected chi connectivity index (χ4v) is 1.70. The SMILES string of the molecule is CCC(C)C(C)NCC(O)Cn1cc([N+](=O)[O-])cn1. The molecule has 0 spiro atoms. The average molecular weight is 270 g/mol. The summed E-state index contributed by atoms with van der Waals surface area (Å²) in [6.45, 7) is 7.05. The Morgan fingerprint density at radius 3 is 2.79 bits per heavy atom. The molecule has 19 heavy (non-hydrogen) atoms. The first-order valence-corrected chi connectivity index (χ1v) is 6.52. The minimum absolute atomic E-state index is 0.0619. The summed E-state index contributed by atoms with van der Waals surface area (Å²) >= 11 is 0. The summed E-state index contributed by atoms with van der Waals surface area (Å²) in [7, 11) is 0. The first kappa shape index (κ1) is 15.6. The van der Waals surface area contributed by atoms with Gasteiger partial charge in [0.25, 0.3) is 0 Å². The lowest BCUT2D eigenvalue weighted by atomic mass is 10.0. The monoisotopic (exact) mass is 270 g/mol. The van der Waals surface area contributed by atoms with Crippen LogP contribution in [0.4, 0.5) is 5.69 Å². The Balaban J connectivity index is 2.38. The van der Waals surface area contributed by atoms with Crippen LogP contribution in [0, 0.1) is 16.0 Å². The number of aliphatic hydroxyl groups is 1. The number of hydrogen-bond donors (Lipinski definition) is 2. The average Bonchev–Trinajstić information content (AvgIpc) is 2.83. The van der Waals surface area contributed by atoms with Gasteiger partial charge in [0, 0.05) is 12.6 Å². The molecule has 0 fully saturated rings. The predicted octanol–water partition coefficient (Wildman–Crippen LogP) is 1.18. The quantitative estimate of drug-likeness (QED) is 0.546. The molecule has 3 unspecified atom stereocenters. The zero-order chi connectivity index (χ0) is 14.4. The fourth-order valence-electron chi connectivity index (χ4n) is 1.70. The van der Waals surface area contributed by atoms with Crippen molar-refractivity contribution in [3.8, 4) is 0 Å². The van der Waals surface area contributed by atoms with Crippen molar-refractivity contribution in [2.75, 3.05) is 6.54 Å². The number of rotatable bonds is 8. The molecule has 0 aliphatic carbocycles. The molecule has 0 aliphatic heterocycles. The van der Waals surface area contributed by atoms with Gasteiger partial charge in [0.2, 0.25) is 0 Å². The first-order chi connectivity index (χ1) is 8.93. The first-order valence-electron chi connectivity index (χ1n) is 6.52. The van der Waals surface area contributed by atoms with Gasteiger partial charge in [0.15, 0.2) is 0 Å². The second-order valence-electron chi connectivity index (χ2n) is 4.91. The van der Waals surface area contributed by atoms with Crippen molar-refractivity contribution in [3.63, 3.8) is 0 Å². The zero-order valence-corrected chi connectivity index (χ0v) is 11.6. The van der Waals surface area contributed by atoms with Crippen molar-refractivity contribution in [2.45, 2.75) is 45.9 Å². The normalized spacial score (nSPS) is 16.0. The summed E-state index contributed by atoms with van der Waals surface area (Å²) in [5, 5.41) is 27.5. The molecule has 1 heterocycles. The van der Waals surface area contributed by atoms with Gasteiger partial charge in [-0.25, -0.2) is 0 Å². The van der Waals surface area contributed by atoms with Crippen LogP contribution in [-0.4, -0.2) is 38.5 Å². The summed E-state index contributed by atoms with van der Waals surface area (Å²) in [6, 6.07) is 0.326. The molecule has 0 aromatic carbocycles. The third kappa shape index (κ3) is 4.96. The maximum atomic E-state index is 10.5. The van der Waals surface area contributed by atoms with Crippen molar-refractivity contribution < 1.29 is 10.0 Å². The van der Waals surface area contributed by atoms with Gasteiger partial charge in [-0.1, -0.05) is 20.3 Å². The highest BCUT2D eigenvalue weighted by Gasteiger charge is 2.14. The largest absolute Gasteiger partial charge is 0.390 e. The minimum Gasteiger partial charge on any atom is -0.390 e. The van der Waals surface area contributed by atoms with Crippen LogP contribution in [-0.2, 0) is 6.54 Å². The molecular weight excluding hydrogens is 248 g/mol. The maximum Gasteiger partial charge on any atom is 0.306 e. The molecule has 7 heteroatoms. The number of nitrogens with zero attached hydrogens (tertiary/aromatic N) is 3. The van der Waals surface area contributed by atoms with Crippen LogP contribution in [0.1, 0.15) is 27.2 Å². The van der Waals surface area contributed by atoms with Gasteiger partial charge in [-0.15, -0.1) is 0 Å². The number of nitro groups is 1. The third-order valence-corrected chi connectivity index (χ3v) is 3.40. The predicted molar refractivity (Wildman–Crippen MR) is 71.8 cm³/mol. The molecule has 1 aromatic heterocycles. The molecule has 0 amide bonds. The Bertz CT molecular complexity index is 407. The van der Waals surface area contributed by atoms with E-state index in [9.17, 15) is 15.2 Å². The highest BCUT2D eigenvalue weighted by Crippen LogP contribution is 2.09. The second kappa shape index (κ2) is 7.20. The van der Waals surface area contributed by atoms with Crippen molar-refractivity contribution in [2.24, 2.45) is 5.92 Å². The summed E-state index contributed by atoms with van der Waals surface area (Å²) in [5.74, 6) is 0.540. The van der Waals surface area contributed by atoms with E-state index in [-0.39, 0.29) is 12.2 Å². The van der Waals surface area contributed by atoms with Crippen LogP contribution >= 0.6 is 0 Å². The summed E-state index contributed by atoms with van der Waals surface area (Å²) < 4.78 is 1.39. The van der Waals surface area contributed by atoms with E-state index in [1.807, 2.05) is 0 Å². The van der Waals surface area contributed by atoms with Crippen molar-refractivity contribution >= 4 is 5.69 Å². The molecule has 3 atom stereocenters. The molecule has 0 radical (unpaired) electrons. The molecule has 1 rings (SSSR count). The van der Waals surface area contributed by atoms with Crippen molar-refractivity contribution in [1.82, 2.24) is 15.1 Å². The summed E-state index contributed by atoms with van der Waals surface area (Å²) in [6.07, 6.45) is 2.96. The number of hydrogen-bond acceptors (Lipinski definition) is 5. The number of aliphatic hydroxyl groups excluding tert-OH is 1. The van der Waals surface area contributed by atoms with Crippen molar-refractivity contribution in [1.29, 1.82) is 0 Å². The lowest BCUT2D eigenvalue weighted by Crippen LogP contribution is -2.38. The second-order valence-corrected chi connectivity index (χ2v) is 4.91. The summed E-state index contributed by atoms with van der Waals surface area (Å²) in [5.41, 5.74) is -0.0619. The van der Waals surface area contributed by atoms with Crippen molar-refractivity contribution in [3.05, 3.63) is 22.5 Å². The molecule has 0 aliphatic rings. The highest BCUT2D eigenvalue weighted by atomic mass is 16.6. The van der Waals surface area contributed by atoms with Crippen LogP contribution in [0.25, 0.3) is 0 Å². The zero-order valence-electron chi connectivity index (χ0n) is 11.6. The number of aromatic nitrogens is 2. The smallest absolute Gasteiger partial charge is 0.306 e. The van der Waals surface area contributed by atoms with Gasteiger partial charge in [0.05, 0.1) is 17.6 Å². The van der Waals surface area contributed by atoms with E-state index < -0.39 is 11.0 Å². The van der Waals surface area contributed by atoms with E-state index in [2.05, 4.69) is 31.2 Å². The van der Waals surface area contributed by atoms with E-state index in [0.29, 0.717) is 18.5 Å². The molecular formula is C12H22N4O3. The van der Waals surface area contributed by atoms with E-state index in [1.54, 1.807) is 0 Å². The lowest BCUT2D eigenvalue weighted by Gasteiger charge is -2.21. The topological polar surface area (TPSA) is 93.2 Å². The molecule has 2 N–H and O–H groups in total. The summed E-state index contributed by atoms with van der Waals surface area (Å²) in [4.78, 5) is 10.00. The van der Waals surface area contributed by atoms with Gasteiger partial charge < -0.3 is 10.4 Å². The van der Waals surface area contributed by atoms with E-state index >= 15 is 0 Å². The Morgan fingerprint density at radius 2 is 2.26 bits per heavy atom. The van der Waals surface area contributed by atoms with Gasteiger partial charge in [-0.05, 0) is 12.8 Å². The Hall–Kier alpha value is -1.47. The third-order valence-electron chi connectivity index (χ3n) is 3.40.